The molecule has 0 fully saturated rings. The predicted octanol–water partition coefficient (Wildman–Crippen LogP) is 1.63. The van der Waals surface area contributed by atoms with Crippen molar-refractivity contribution in [2.24, 2.45) is 0 Å². The summed E-state index contributed by atoms with van der Waals surface area (Å²) in [6.07, 6.45) is 0.337. The van der Waals surface area contributed by atoms with Gasteiger partial charge in [0.15, 0.2) is 5.78 Å². The Morgan fingerprint density at radius 1 is 1.38 bits per heavy atom. The first kappa shape index (κ1) is 14.3. The van der Waals surface area contributed by atoms with Gasteiger partial charge in [0.2, 0.25) is 0 Å². The molecule has 0 spiro atoms. The number of halogens is 1. The number of aryl methyl sites for hydroxylation is 1. The van der Waals surface area contributed by atoms with Crippen molar-refractivity contribution in [1.82, 2.24) is 4.57 Å². The number of hydrogen-bond acceptors (Lipinski definition) is 3. The maximum atomic E-state index is 12.5. The quantitative estimate of drug-likeness (QED) is 0.801. The van der Waals surface area contributed by atoms with Crippen LogP contribution in [0.4, 0.5) is 0 Å². The Morgan fingerprint density at radius 3 is 2.71 bits per heavy atom. The molecule has 1 aliphatic carbocycles. The Hall–Kier alpha value is -1.65. The van der Waals surface area contributed by atoms with E-state index in [9.17, 15) is 9.59 Å². The number of ketones is 1. The molecule has 21 heavy (non-hydrogen) atoms. The molecule has 2 aromatic rings. The van der Waals surface area contributed by atoms with Gasteiger partial charge < -0.3 is 0 Å². The fourth-order valence-electron chi connectivity index (χ4n) is 2.81. The number of hydrogen-bond donors (Lipinski definition) is 0. The van der Waals surface area contributed by atoms with Crippen LogP contribution in [0, 0.1) is 6.92 Å². The summed E-state index contributed by atoms with van der Waals surface area (Å²) in [7, 11) is 0. The Kier molecular flexibility index (Phi) is 3.38. The summed E-state index contributed by atoms with van der Waals surface area (Å²) in [6, 6.07) is 3.63. The summed E-state index contributed by atoms with van der Waals surface area (Å²) >= 11 is 7.40. The first-order chi connectivity index (χ1) is 9.93. The minimum absolute atomic E-state index is 0.0167. The van der Waals surface area contributed by atoms with Crippen molar-refractivity contribution in [2.45, 2.75) is 26.8 Å². The highest BCUT2D eigenvalue weighted by molar-refractivity contribution is 7.07. The van der Waals surface area contributed by atoms with Crippen molar-refractivity contribution in [1.29, 1.82) is 0 Å². The largest absolute Gasteiger partial charge is 0.300 e. The second-order valence-electron chi connectivity index (χ2n) is 5.10. The number of thiazole rings is 1. The summed E-state index contributed by atoms with van der Waals surface area (Å²) in [5, 5.41) is 0.584. The summed E-state index contributed by atoms with van der Waals surface area (Å²) in [5.41, 5.74) is 3.12. The minimum atomic E-state index is -0.138. The van der Waals surface area contributed by atoms with Crippen molar-refractivity contribution in [2.75, 3.05) is 0 Å². The minimum Gasteiger partial charge on any atom is -0.300 e. The van der Waals surface area contributed by atoms with Gasteiger partial charge in [-0.15, -0.1) is 11.3 Å². The number of nitrogens with zero attached hydrogens (tertiary/aromatic N) is 1. The van der Waals surface area contributed by atoms with Crippen LogP contribution in [0.25, 0.3) is 12.2 Å². The standard InChI is InChI=1S/C16H14ClNO2S/c1-4-18-9(3)21-15(16(18)20)14-12-6-10(17)5-8(2)11(12)7-13(14)19/h5-6H,3-4,7H2,1-2H3/b15-14-. The molecule has 3 nitrogen and oxygen atoms in total. The number of Topliss-reactive ketones (excluding diaryl/α,β-unsaturated/α-hetero) is 1. The molecule has 0 amide bonds. The number of fused-ring (bicyclic) bond motifs is 1. The molecule has 0 bridgehead atoms. The highest BCUT2D eigenvalue weighted by Gasteiger charge is 2.28. The SMILES string of the molecule is C=c1s/c(=C2\C(=O)Cc3c(C)cc(Cl)cc32)c(=O)n1CC. The Labute approximate surface area is 130 Å². The lowest BCUT2D eigenvalue weighted by Gasteiger charge is -2.03. The van der Waals surface area contributed by atoms with E-state index in [4.69, 9.17) is 11.6 Å². The predicted molar refractivity (Wildman–Crippen MR) is 86.4 cm³/mol. The summed E-state index contributed by atoms with van der Waals surface area (Å²) in [6.45, 7) is 8.27. The zero-order valence-corrected chi connectivity index (χ0v) is 13.4. The molecule has 0 N–H and O–H groups in total. The lowest BCUT2D eigenvalue weighted by atomic mass is 10.0. The molecule has 1 aromatic heterocycles. The van der Waals surface area contributed by atoms with E-state index in [0.29, 0.717) is 32.8 Å². The van der Waals surface area contributed by atoms with Crippen LogP contribution in [-0.4, -0.2) is 10.4 Å². The molecule has 108 valence electrons. The van der Waals surface area contributed by atoms with Crippen LogP contribution >= 0.6 is 22.9 Å². The molecule has 0 unspecified atom stereocenters. The molecular weight excluding hydrogens is 306 g/mol. The van der Waals surface area contributed by atoms with Crippen molar-refractivity contribution in [3.05, 3.63) is 53.4 Å². The topological polar surface area (TPSA) is 39.1 Å². The van der Waals surface area contributed by atoms with E-state index in [1.807, 2.05) is 19.9 Å². The van der Waals surface area contributed by atoms with Gasteiger partial charge in [-0.25, -0.2) is 0 Å². The van der Waals surface area contributed by atoms with E-state index in [2.05, 4.69) is 6.58 Å². The first-order valence-corrected chi connectivity index (χ1v) is 7.89. The van der Waals surface area contributed by atoms with Gasteiger partial charge in [0, 0.05) is 23.6 Å². The van der Waals surface area contributed by atoms with Crippen LogP contribution in [0.2, 0.25) is 5.02 Å². The maximum Gasteiger partial charge on any atom is 0.269 e. The van der Waals surface area contributed by atoms with E-state index in [-0.39, 0.29) is 11.3 Å². The lowest BCUT2D eigenvalue weighted by molar-refractivity contribution is -0.112. The fraction of sp³-hybridized carbons (Fsp3) is 0.250. The van der Waals surface area contributed by atoms with Crippen molar-refractivity contribution < 1.29 is 4.79 Å². The molecule has 1 heterocycles. The van der Waals surface area contributed by atoms with Gasteiger partial charge in [-0.2, -0.15) is 0 Å². The number of benzene rings is 1. The molecule has 1 aliphatic rings. The van der Waals surface area contributed by atoms with Gasteiger partial charge in [0.1, 0.15) is 4.53 Å². The molecular formula is C16H14ClNO2S. The average molecular weight is 320 g/mol. The van der Waals surface area contributed by atoms with Crippen molar-refractivity contribution in [3.8, 4) is 0 Å². The van der Waals surface area contributed by atoms with E-state index in [1.165, 1.54) is 11.3 Å². The number of rotatable bonds is 1. The highest BCUT2D eigenvalue weighted by atomic mass is 35.5. The van der Waals surface area contributed by atoms with Crippen molar-refractivity contribution in [3.63, 3.8) is 0 Å². The lowest BCUT2D eigenvalue weighted by Crippen LogP contribution is -2.32. The molecule has 1 aromatic carbocycles. The maximum absolute atomic E-state index is 12.5. The van der Waals surface area contributed by atoms with Gasteiger partial charge in [0.25, 0.3) is 5.56 Å². The summed E-state index contributed by atoms with van der Waals surface area (Å²) in [4.78, 5) is 24.9. The Bertz CT molecular complexity index is 936. The van der Waals surface area contributed by atoms with E-state index in [1.54, 1.807) is 10.6 Å². The van der Waals surface area contributed by atoms with Gasteiger partial charge >= 0.3 is 0 Å². The number of carbonyl (C=O) groups excluding carboxylic acids is 1. The third-order valence-electron chi connectivity index (χ3n) is 3.83. The monoisotopic (exact) mass is 319 g/mol. The van der Waals surface area contributed by atoms with Crippen LogP contribution in [-0.2, 0) is 17.8 Å². The third-order valence-corrected chi connectivity index (χ3v) is 5.08. The highest BCUT2D eigenvalue weighted by Crippen LogP contribution is 2.32. The van der Waals surface area contributed by atoms with Crippen LogP contribution < -0.4 is 14.8 Å². The second-order valence-corrected chi connectivity index (χ2v) is 6.62. The van der Waals surface area contributed by atoms with E-state index < -0.39 is 0 Å². The van der Waals surface area contributed by atoms with Crippen molar-refractivity contribution >= 4 is 40.9 Å². The molecule has 0 atom stereocenters. The van der Waals surface area contributed by atoms with Gasteiger partial charge in [-0.3, -0.25) is 14.2 Å². The Morgan fingerprint density at radius 2 is 2.10 bits per heavy atom. The van der Waals surface area contributed by atoms with Crippen LogP contribution in [0.5, 0.6) is 0 Å². The molecule has 0 saturated carbocycles. The van der Waals surface area contributed by atoms with E-state index in [0.717, 1.165) is 16.7 Å². The first-order valence-electron chi connectivity index (χ1n) is 6.69. The zero-order valence-electron chi connectivity index (χ0n) is 11.8. The van der Waals surface area contributed by atoms with Crippen LogP contribution in [0.3, 0.4) is 0 Å². The summed E-state index contributed by atoms with van der Waals surface area (Å²) in [5.74, 6) is -0.0167. The average Bonchev–Trinajstić information content (AvgIpc) is 2.87. The third kappa shape index (κ3) is 2.10. The molecule has 0 aliphatic heterocycles. The number of aromatic nitrogens is 1. The molecule has 0 radical (unpaired) electrons. The van der Waals surface area contributed by atoms with Crippen LogP contribution in [0.1, 0.15) is 23.6 Å². The van der Waals surface area contributed by atoms with Crippen LogP contribution in [0.15, 0.2) is 16.9 Å². The fourth-order valence-corrected chi connectivity index (χ4v) is 4.16. The number of carbonyl (C=O) groups is 1. The van der Waals surface area contributed by atoms with Gasteiger partial charge in [0.05, 0.1) is 4.66 Å². The summed E-state index contributed by atoms with van der Waals surface area (Å²) < 4.78 is 2.74. The molecule has 0 saturated heterocycles. The Balaban J connectivity index is 2.47. The molecule has 3 rings (SSSR count). The smallest absolute Gasteiger partial charge is 0.269 e. The second kappa shape index (κ2) is 4.97. The molecule has 5 heteroatoms. The van der Waals surface area contributed by atoms with Gasteiger partial charge in [-0.1, -0.05) is 18.2 Å². The van der Waals surface area contributed by atoms with Gasteiger partial charge in [-0.05, 0) is 42.7 Å². The normalized spacial score (nSPS) is 16.4. The van der Waals surface area contributed by atoms with E-state index >= 15 is 0 Å². The zero-order chi connectivity index (χ0) is 15.3.